The fourth-order valence-corrected chi connectivity index (χ4v) is 6.30. The van der Waals surface area contributed by atoms with E-state index in [9.17, 15) is 27.9 Å². The van der Waals surface area contributed by atoms with E-state index in [1.54, 1.807) is 18.2 Å². The molecule has 0 spiro atoms. The molecule has 0 fully saturated rings. The Morgan fingerprint density at radius 1 is 1.06 bits per heavy atom. The number of aromatic nitrogens is 1. The third-order valence-corrected chi connectivity index (χ3v) is 8.32. The second-order valence-electron chi connectivity index (χ2n) is 6.87. The molecule has 3 rings (SSSR count). The van der Waals surface area contributed by atoms with E-state index < -0.39 is 53.8 Å². The molecule has 1 unspecified atom stereocenters. The number of amides is 2. The summed E-state index contributed by atoms with van der Waals surface area (Å²) < 4.78 is 27.2. The van der Waals surface area contributed by atoms with Crippen LogP contribution in [0.5, 0.6) is 0 Å². The number of primary amides is 1. The van der Waals surface area contributed by atoms with Crippen molar-refractivity contribution >= 4 is 52.2 Å². The number of pyridine rings is 1. The first-order chi connectivity index (χ1) is 15.7. The average molecular weight is 528 g/mol. The maximum atomic E-state index is 13.5. The zero-order valence-electron chi connectivity index (χ0n) is 17.1. The van der Waals surface area contributed by atoms with E-state index >= 15 is 0 Å². The molecule has 1 radical (unpaired) electrons. The average Bonchev–Trinajstić information content (AvgIpc) is 2.78. The molecule has 0 saturated carbocycles. The molecule has 3 aromatic rings. The van der Waals surface area contributed by atoms with Gasteiger partial charge in [-0.15, -0.1) is 0 Å². The van der Waals surface area contributed by atoms with Gasteiger partial charge in [0.15, 0.2) is 0 Å². The van der Waals surface area contributed by atoms with Crippen LogP contribution >= 0.6 is 0 Å². The van der Waals surface area contributed by atoms with Gasteiger partial charge in [-0.05, 0) is 0 Å². The zero-order chi connectivity index (χ0) is 24.0. The molecule has 169 valence electrons. The molecule has 1 heterocycles. The predicted molar refractivity (Wildman–Crippen MR) is 122 cm³/mol. The number of benzene rings is 2. The van der Waals surface area contributed by atoms with E-state index in [1.807, 2.05) is 0 Å². The van der Waals surface area contributed by atoms with Crippen LogP contribution in [0.3, 0.4) is 0 Å². The number of nitrogens with one attached hydrogen (secondary N) is 1. The standard InChI is InChI=1S/C22H19AsN3O6S/c24-22(30)23-16-7-3-5-14(11-16)21(29)26-17-8-1-2-9-18(17)33(31,32)19(12-20(27)28)15-6-4-10-25-13-15/h1-11,13,19H,12H2,(H2,24,30)(H,26,29)(H,27,28). The van der Waals surface area contributed by atoms with Gasteiger partial charge in [0.1, 0.15) is 0 Å². The number of carboxylic acid groups (broad SMARTS) is 1. The van der Waals surface area contributed by atoms with Crippen molar-refractivity contribution in [2.75, 3.05) is 5.32 Å². The molecule has 2 aromatic carbocycles. The summed E-state index contributed by atoms with van der Waals surface area (Å²) >= 11 is -0.947. The number of para-hydroxylation sites is 1. The molecule has 0 bridgehead atoms. The van der Waals surface area contributed by atoms with Crippen LogP contribution in [0.15, 0.2) is 78.0 Å². The molecule has 1 aromatic heterocycles. The van der Waals surface area contributed by atoms with Crippen molar-refractivity contribution in [3.05, 3.63) is 84.2 Å². The van der Waals surface area contributed by atoms with Crippen LogP contribution in [0, 0.1) is 0 Å². The van der Waals surface area contributed by atoms with Crippen LogP contribution in [0.4, 0.5) is 10.5 Å². The van der Waals surface area contributed by atoms with Crippen molar-refractivity contribution < 1.29 is 27.9 Å². The normalized spacial score (nSPS) is 12.4. The molecule has 11 heteroatoms. The fourth-order valence-electron chi connectivity index (χ4n) is 3.14. The Hall–Kier alpha value is -3.49. The van der Waals surface area contributed by atoms with Gasteiger partial charge in [0.25, 0.3) is 0 Å². The van der Waals surface area contributed by atoms with Crippen molar-refractivity contribution in [2.24, 2.45) is 5.73 Å². The van der Waals surface area contributed by atoms with Crippen LogP contribution in [0.1, 0.15) is 27.6 Å². The molecule has 0 aliphatic rings. The first-order valence-electron chi connectivity index (χ1n) is 9.55. The van der Waals surface area contributed by atoms with Gasteiger partial charge in [-0.3, -0.25) is 0 Å². The molecule has 0 aliphatic carbocycles. The Labute approximate surface area is 196 Å². The molecular formula is C22H19AsN3O6S. The van der Waals surface area contributed by atoms with E-state index in [1.165, 1.54) is 54.9 Å². The first kappa shape index (κ1) is 24.2. The van der Waals surface area contributed by atoms with E-state index in [-0.39, 0.29) is 21.7 Å². The van der Waals surface area contributed by atoms with Gasteiger partial charge in [0.05, 0.1) is 0 Å². The Balaban J connectivity index is 1.97. The van der Waals surface area contributed by atoms with Crippen molar-refractivity contribution in [1.82, 2.24) is 4.98 Å². The minimum absolute atomic E-state index is 0.00958. The van der Waals surface area contributed by atoms with E-state index in [0.29, 0.717) is 4.35 Å². The second-order valence-corrected chi connectivity index (χ2v) is 11.4. The summed E-state index contributed by atoms with van der Waals surface area (Å²) in [6.45, 7) is 0. The fraction of sp³-hybridized carbons (Fsp3) is 0.0909. The molecule has 1 atom stereocenters. The molecule has 2 amide bonds. The number of carboxylic acids is 1. The number of hydrogen-bond donors (Lipinski definition) is 3. The number of aliphatic carboxylic acids is 1. The van der Waals surface area contributed by atoms with E-state index in [0.717, 1.165) is 0 Å². The number of hydrogen-bond acceptors (Lipinski definition) is 6. The molecule has 9 nitrogen and oxygen atoms in total. The van der Waals surface area contributed by atoms with Gasteiger partial charge in [0.2, 0.25) is 0 Å². The molecule has 33 heavy (non-hydrogen) atoms. The number of anilines is 1. The van der Waals surface area contributed by atoms with Crippen LogP contribution in [-0.2, 0) is 14.6 Å². The Morgan fingerprint density at radius 3 is 2.48 bits per heavy atom. The van der Waals surface area contributed by atoms with Gasteiger partial charge in [0, 0.05) is 6.20 Å². The molecule has 0 saturated heterocycles. The maximum absolute atomic E-state index is 13.5. The quantitative estimate of drug-likeness (QED) is 0.357. The van der Waals surface area contributed by atoms with Gasteiger partial charge < -0.3 is 0 Å². The van der Waals surface area contributed by atoms with Gasteiger partial charge in [-0.1, -0.05) is 0 Å². The summed E-state index contributed by atoms with van der Waals surface area (Å²) in [6, 6.07) is 15.1. The summed E-state index contributed by atoms with van der Waals surface area (Å²) in [5, 5.41) is 10.5. The first-order valence-corrected chi connectivity index (χ1v) is 13.0. The number of carbonyl (C=O) groups excluding carboxylic acids is 2. The topological polar surface area (TPSA) is 157 Å². The van der Waals surface area contributed by atoms with Crippen LogP contribution in [0.2, 0.25) is 0 Å². The Bertz CT molecular complexity index is 1300. The number of sulfone groups is 1. The SMILES string of the molecule is NC(=O)[As]c1cccc(C(=O)Nc2ccccc2S(=O)(=O)C(CC(=O)O)c2cccnc2)c1. The van der Waals surface area contributed by atoms with Crippen LogP contribution in [-0.4, -0.2) is 50.8 Å². The van der Waals surface area contributed by atoms with Crippen molar-refractivity contribution in [1.29, 1.82) is 0 Å². The molecule has 0 aliphatic heterocycles. The van der Waals surface area contributed by atoms with Crippen molar-refractivity contribution in [3.63, 3.8) is 0 Å². The second kappa shape index (κ2) is 10.4. The third-order valence-electron chi connectivity index (χ3n) is 4.58. The van der Waals surface area contributed by atoms with Crippen LogP contribution < -0.4 is 15.4 Å². The summed E-state index contributed by atoms with van der Waals surface area (Å²) in [7, 11) is -4.22. The number of rotatable bonds is 9. The van der Waals surface area contributed by atoms with E-state index in [4.69, 9.17) is 5.73 Å². The summed E-state index contributed by atoms with van der Waals surface area (Å²) in [5.74, 6) is -1.87. The number of carbonyl (C=O) groups is 3. The monoisotopic (exact) mass is 528 g/mol. The minimum atomic E-state index is -4.22. The summed E-state index contributed by atoms with van der Waals surface area (Å²) in [4.78, 5) is 39.2. The molecule has 4 N–H and O–H groups in total. The summed E-state index contributed by atoms with van der Waals surface area (Å²) in [6.07, 6.45) is 2.09. The molecular weight excluding hydrogens is 509 g/mol. The van der Waals surface area contributed by atoms with Crippen molar-refractivity contribution in [3.8, 4) is 0 Å². The third kappa shape index (κ3) is 6.06. The number of nitrogens with zero attached hydrogens (tertiary/aromatic N) is 1. The Morgan fingerprint density at radius 2 is 1.82 bits per heavy atom. The predicted octanol–water partition coefficient (Wildman–Crippen LogP) is 1.73. The summed E-state index contributed by atoms with van der Waals surface area (Å²) in [5.41, 5.74) is 5.70. The zero-order valence-corrected chi connectivity index (χ0v) is 19.8. The van der Waals surface area contributed by atoms with Gasteiger partial charge in [-0.25, -0.2) is 0 Å². The van der Waals surface area contributed by atoms with Crippen molar-refractivity contribution in [2.45, 2.75) is 16.6 Å². The van der Waals surface area contributed by atoms with Gasteiger partial charge >= 0.3 is 191 Å². The number of nitrogens with two attached hydrogens (primary N) is 1. The van der Waals surface area contributed by atoms with E-state index in [2.05, 4.69) is 10.3 Å². The van der Waals surface area contributed by atoms with Gasteiger partial charge in [-0.2, -0.15) is 0 Å². The van der Waals surface area contributed by atoms with Crippen LogP contribution in [0.25, 0.3) is 0 Å². The Kier molecular flexibility index (Phi) is 7.63.